The molecule has 0 spiro atoms. The summed E-state index contributed by atoms with van der Waals surface area (Å²) in [5, 5.41) is 2.72. The standard InChI is InChI=1S/C12H23NO4/c1-9(7-15-8-10-5-6-16-10)13-11(14)17-12(2,3)4/h9-10H,5-8H2,1-4H3,(H,13,14)/t9-,10?/m0/s1. The molecule has 1 heterocycles. The molecule has 0 aromatic heterocycles. The fourth-order valence-corrected chi connectivity index (χ4v) is 1.34. The number of carbonyl (C=O) groups excluding carboxylic acids is 1. The maximum absolute atomic E-state index is 11.4. The van der Waals surface area contributed by atoms with Crippen molar-refractivity contribution in [1.82, 2.24) is 5.32 Å². The SMILES string of the molecule is C[C@@H](COCC1CCO1)NC(=O)OC(C)(C)C. The number of alkyl carbamates (subject to hydrolysis) is 1. The summed E-state index contributed by atoms with van der Waals surface area (Å²) in [7, 11) is 0. The van der Waals surface area contributed by atoms with Gasteiger partial charge in [0.2, 0.25) is 0 Å². The Morgan fingerprint density at radius 1 is 1.53 bits per heavy atom. The molecule has 0 saturated carbocycles. The summed E-state index contributed by atoms with van der Waals surface area (Å²) in [6.45, 7) is 9.29. The zero-order chi connectivity index (χ0) is 12.9. The topological polar surface area (TPSA) is 56.8 Å². The normalized spacial score (nSPS) is 21.5. The summed E-state index contributed by atoms with van der Waals surface area (Å²) in [6.07, 6.45) is 0.894. The Labute approximate surface area is 103 Å². The van der Waals surface area contributed by atoms with Gasteiger partial charge in [-0.3, -0.25) is 0 Å². The second kappa shape index (κ2) is 6.21. The van der Waals surface area contributed by atoms with E-state index in [-0.39, 0.29) is 12.1 Å². The van der Waals surface area contributed by atoms with Crippen molar-refractivity contribution >= 4 is 6.09 Å². The highest BCUT2D eigenvalue weighted by atomic mass is 16.6. The summed E-state index contributed by atoms with van der Waals surface area (Å²) < 4.78 is 15.8. The van der Waals surface area contributed by atoms with E-state index >= 15 is 0 Å². The van der Waals surface area contributed by atoms with Gasteiger partial charge in [0, 0.05) is 6.61 Å². The van der Waals surface area contributed by atoms with Gasteiger partial charge in [0.25, 0.3) is 0 Å². The van der Waals surface area contributed by atoms with Crippen LogP contribution in [-0.2, 0) is 14.2 Å². The average Bonchev–Trinajstić information content (AvgIpc) is 2.05. The van der Waals surface area contributed by atoms with Crippen LogP contribution in [0.1, 0.15) is 34.1 Å². The third-order valence-corrected chi connectivity index (χ3v) is 2.23. The number of nitrogens with one attached hydrogen (secondary N) is 1. The molecule has 1 unspecified atom stereocenters. The second-order valence-electron chi connectivity index (χ2n) is 5.37. The Bertz CT molecular complexity index is 245. The van der Waals surface area contributed by atoms with Gasteiger partial charge in [-0.1, -0.05) is 0 Å². The Hall–Kier alpha value is -0.810. The van der Waals surface area contributed by atoms with Crippen LogP contribution in [0.2, 0.25) is 0 Å². The smallest absolute Gasteiger partial charge is 0.407 e. The fraction of sp³-hybridized carbons (Fsp3) is 0.917. The van der Waals surface area contributed by atoms with E-state index in [1.165, 1.54) is 0 Å². The van der Waals surface area contributed by atoms with E-state index in [0.29, 0.717) is 13.2 Å². The third kappa shape index (κ3) is 6.48. The molecule has 1 rings (SSSR count). The maximum Gasteiger partial charge on any atom is 0.407 e. The molecule has 100 valence electrons. The highest BCUT2D eigenvalue weighted by molar-refractivity contribution is 5.68. The lowest BCUT2D eigenvalue weighted by molar-refractivity contribution is -0.0953. The Morgan fingerprint density at radius 2 is 2.18 bits per heavy atom. The van der Waals surface area contributed by atoms with Gasteiger partial charge in [-0.15, -0.1) is 0 Å². The molecular formula is C12H23NO4. The van der Waals surface area contributed by atoms with Crippen molar-refractivity contribution in [2.45, 2.75) is 51.9 Å². The zero-order valence-corrected chi connectivity index (χ0v) is 11.1. The van der Waals surface area contributed by atoms with E-state index in [4.69, 9.17) is 14.2 Å². The second-order valence-corrected chi connectivity index (χ2v) is 5.37. The van der Waals surface area contributed by atoms with Crippen LogP contribution in [0.25, 0.3) is 0 Å². The molecule has 1 fully saturated rings. The molecular weight excluding hydrogens is 222 g/mol. The molecule has 1 saturated heterocycles. The van der Waals surface area contributed by atoms with E-state index in [0.717, 1.165) is 13.0 Å². The van der Waals surface area contributed by atoms with Gasteiger partial charge in [-0.25, -0.2) is 4.79 Å². The molecule has 17 heavy (non-hydrogen) atoms. The third-order valence-electron chi connectivity index (χ3n) is 2.23. The summed E-state index contributed by atoms with van der Waals surface area (Å²) in [5.74, 6) is 0. The van der Waals surface area contributed by atoms with Crippen molar-refractivity contribution < 1.29 is 19.0 Å². The first-order valence-corrected chi connectivity index (χ1v) is 6.05. The van der Waals surface area contributed by atoms with E-state index in [2.05, 4.69) is 5.32 Å². The summed E-state index contributed by atoms with van der Waals surface area (Å²) >= 11 is 0. The molecule has 1 amide bonds. The molecule has 1 aliphatic heterocycles. The van der Waals surface area contributed by atoms with Crippen LogP contribution < -0.4 is 5.32 Å². The Morgan fingerprint density at radius 3 is 2.65 bits per heavy atom. The van der Waals surface area contributed by atoms with Crippen LogP contribution in [0.15, 0.2) is 0 Å². The van der Waals surface area contributed by atoms with Crippen LogP contribution in [0, 0.1) is 0 Å². The molecule has 5 heteroatoms. The number of hydrogen-bond donors (Lipinski definition) is 1. The van der Waals surface area contributed by atoms with Gasteiger partial charge >= 0.3 is 6.09 Å². The summed E-state index contributed by atoms with van der Waals surface area (Å²) in [6, 6.07) is -0.0649. The number of hydrogen-bond acceptors (Lipinski definition) is 4. The Kier molecular flexibility index (Phi) is 5.21. The highest BCUT2D eigenvalue weighted by Gasteiger charge is 2.20. The van der Waals surface area contributed by atoms with E-state index < -0.39 is 11.7 Å². The first-order valence-electron chi connectivity index (χ1n) is 6.05. The molecule has 0 aromatic rings. The minimum Gasteiger partial charge on any atom is -0.444 e. The van der Waals surface area contributed by atoms with Crippen molar-refractivity contribution in [1.29, 1.82) is 0 Å². The molecule has 0 radical (unpaired) electrons. The summed E-state index contributed by atoms with van der Waals surface area (Å²) in [5.41, 5.74) is -0.468. The van der Waals surface area contributed by atoms with Gasteiger partial charge < -0.3 is 19.5 Å². The maximum atomic E-state index is 11.4. The monoisotopic (exact) mass is 245 g/mol. The van der Waals surface area contributed by atoms with Gasteiger partial charge in [0.15, 0.2) is 0 Å². The lowest BCUT2D eigenvalue weighted by Crippen LogP contribution is -2.40. The van der Waals surface area contributed by atoms with Crippen LogP contribution >= 0.6 is 0 Å². The van der Waals surface area contributed by atoms with Crippen LogP contribution in [0.3, 0.4) is 0 Å². The minimum absolute atomic E-state index is 0.0649. The van der Waals surface area contributed by atoms with Crippen molar-refractivity contribution in [3.05, 3.63) is 0 Å². The van der Waals surface area contributed by atoms with Gasteiger partial charge in [0.05, 0.1) is 25.4 Å². The van der Waals surface area contributed by atoms with Crippen molar-refractivity contribution in [2.75, 3.05) is 19.8 Å². The molecule has 0 aromatic carbocycles. The number of ether oxygens (including phenoxy) is 3. The molecule has 1 N–H and O–H groups in total. The van der Waals surface area contributed by atoms with E-state index in [1.807, 2.05) is 27.7 Å². The molecule has 5 nitrogen and oxygen atoms in total. The lowest BCUT2D eigenvalue weighted by Gasteiger charge is -2.27. The molecule has 0 aliphatic carbocycles. The minimum atomic E-state index is -0.468. The van der Waals surface area contributed by atoms with Gasteiger partial charge in [-0.2, -0.15) is 0 Å². The van der Waals surface area contributed by atoms with Crippen LogP contribution in [0.5, 0.6) is 0 Å². The first-order chi connectivity index (χ1) is 7.87. The first kappa shape index (κ1) is 14.3. The van der Waals surface area contributed by atoms with E-state index in [9.17, 15) is 4.79 Å². The fourth-order valence-electron chi connectivity index (χ4n) is 1.34. The van der Waals surface area contributed by atoms with Crippen molar-refractivity contribution in [3.8, 4) is 0 Å². The molecule has 1 aliphatic rings. The van der Waals surface area contributed by atoms with Gasteiger partial charge in [-0.05, 0) is 34.1 Å². The predicted octanol–water partition coefficient (Wildman–Crippen LogP) is 1.71. The van der Waals surface area contributed by atoms with Crippen molar-refractivity contribution in [2.24, 2.45) is 0 Å². The molecule has 2 atom stereocenters. The highest BCUT2D eigenvalue weighted by Crippen LogP contribution is 2.11. The van der Waals surface area contributed by atoms with Crippen LogP contribution in [-0.4, -0.2) is 43.7 Å². The quantitative estimate of drug-likeness (QED) is 0.801. The van der Waals surface area contributed by atoms with Gasteiger partial charge in [0.1, 0.15) is 5.60 Å². The Balaban J connectivity index is 2.06. The molecule has 0 bridgehead atoms. The zero-order valence-electron chi connectivity index (χ0n) is 11.1. The van der Waals surface area contributed by atoms with Crippen LogP contribution in [0.4, 0.5) is 4.79 Å². The number of amides is 1. The van der Waals surface area contributed by atoms with E-state index in [1.54, 1.807) is 0 Å². The van der Waals surface area contributed by atoms with Crippen molar-refractivity contribution in [3.63, 3.8) is 0 Å². The summed E-state index contributed by atoms with van der Waals surface area (Å²) in [4.78, 5) is 11.4. The number of carbonyl (C=O) groups is 1. The predicted molar refractivity (Wildman–Crippen MR) is 64.0 cm³/mol. The number of rotatable bonds is 5. The average molecular weight is 245 g/mol. The lowest BCUT2D eigenvalue weighted by atomic mass is 10.2. The largest absolute Gasteiger partial charge is 0.444 e.